The number of aryl methyl sites for hydroxylation is 1. The second kappa shape index (κ2) is 8.96. The van der Waals surface area contributed by atoms with Gasteiger partial charge in [-0.1, -0.05) is 42.0 Å². The summed E-state index contributed by atoms with van der Waals surface area (Å²) in [6, 6.07) is 14.2. The molecule has 1 unspecified atom stereocenters. The van der Waals surface area contributed by atoms with Gasteiger partial charge in [-0.25, -0.2) is 4.79 Å². The third kappa shape index (κ3) is 4.86. The van der Waals surface area contributed by atoms with Gasteiger partial charge in [-0.2, -0.15) is 0 Å². The van der Waals surface area contributed by atoms with Crippen LogP contribution in [0, 0.1) is 6.92 Å². The highest BCUT2D eigenvalue weighted by Gasteiger charge is 2.49. The van der Waals surface area contributed by atoms with Crippen LogP contribution in [-0.4, -0.2) is 35.8 Å². The summed E-state index contributed by atoms with van der Waals surface area (Å²) in [5.41, 5.74) is 7.94. The van der Waals surface area contributed by atoms with Gasteiger partial charge in [-0.15, -0.1) is 12.4 Å². The number of amides is 4. The van der Waals surface area contributed by atoms with Gasteiger partial charge in [0.1, 0.15) is 12.1 Å². The summed E-state index contributed by atoms with van der Waals surface area (Å²) in [4.78, 5) is 38.3. The first kappa shape index (κ1) is 22.2. The molecule has 8 heteroatoms. The van der Waals surface area contributed by atoms with Crippen LogP contribution in [0.2, 0.25) is 0 Å². The summed E-state index contributed by atoms with van der Waals surface area (Å²) in [5, 5.41) is 5.45. The molecule has 2 aromatic carbocycles. The Morgan fingerprint density at radius 3 is 2.34 bits per heavy atom. The topological polar surface area (TPSA) is 105 Å². The van der Waals surface area contributed by atoms with Crippen molar-refractivity contribution >= 4 is 35.9 Å². The van der Waals surface area contributed by atoms with Gasteiger partial charge >= 0.3 is 6.03 Å². The number of hydrogen-bond donors (Lipinski definition) is 3. The van der Waals surface area contributed by atoms with Crippen molar-refractivity contribution in [2.24, 2.45) is 0 Å². The Balaban J connectivity index is 0.00000300. The Hall–Kier alpha value is -3.06. The van der Waals surface area contributed by atoms with Gasteiger partial charge in [0, 0.05) is 12.2 Å². The first-order valence-electron chi connectivity index (χ1n) is 9.12. The third-order valence-corrected chi connectivity index (χ3v) is 4.92. The molecule has 0 spiro atoms. The normalized spacial score (nSPS) is 18.2. The summed E-state index contributed by atoms with van der Waals surface area (Å²) in [7, 11) is 0. The van der Waals surface area contributed by atoms with Crippen LogP contribution in [0.1, 0.15) is 23.6 Å². The lowest BCUT2D eigenvalue weighted by molar-refractivity contribution is -0.134. The van der Waals surface area contributed by atoms with Crippen LogP contribution >= 0.6 is 12.4 Å². The van der Waals surface area contributed by atoms with Gasteiger partial charge in [0.05, 0.1) is 0 Å². The molecule has 3 rings (SSSR count). The quantitative estimate of drug-likeness (QED) is 0.495. The number of halogens is 1. The summed E-state index contributed by atoms with van der Waals surface area (Å²) in [6.07, 6.45) is 0.632. The van der Waals surface area contributed by atoms with E-state index in [4.69, 9.17) is 5.73 Å². The van der Waals surface area contributed by atoms with E-state index in [9.17, 15) is 14.4 Å². The molecule has 0 aromatic heterocycles. The molecule has 1 saturated heterocycles. The lowest BCUT2D eigenvalue weighted by Crippen LogP contribution is -2.43. The second-order valence-electron chi connectivity index (χ2n) is 7.15. The van der Waals surface area contributed by atoms with Gasteiger partial charge < -0.3 is 16.4 Å². The van der Waals surface area contributed by atoms with Crippen LogP contribution in [0.3, 0.4) is 0 Å². The lowest BCUT2D eigenvalue weighted by Gasteiger charge is -2.22. The van der Waals surface area contributed by atoms with Crippen molar-refractivity contribution in [2.75, 3.05) is 18.8 Å². The van der Waals surface area contributed by atoms with Crippen molar-refractivity contribution < 1.29 is 14.4 Å². The number of nitrogens with zero attached hydrogens (tertiary/aromatic N) is 1. The fraction of sp³-hybridized carbons (Fsp3) is 0.286. The predicted octanol–water partition coefficient (Wildman–Crippen LogP) is 2.12. The Bertz CT molecular complexity index is 899. The third-order valence-electron chi connectivity index (χ3n) is 4.92. The number of nitrogens with one attached hydrogen (secondary N) is 2. The highest BCUT2D eigenvalue weighted by atomic mass is 35.5. The van der Waals surface area contributed by atoms with E-state index in [0.717, 1.165) is 16.0 Å². The standard InChI is InChI=1S/C21H24N4O3.ClH/c1-14-3-7-16(8-4-14)21(2)19(27)25(20(28)24-21)13-18(26)23-12-11-15-5-9-17(22)10-6-15;/h3-10H,11-13,22H2,1-2H3,(H,23,26)(H,24,28);1H. The van der Waals surface area contributed by atoms with Crippen LogP contribution in [0.4, 0.5) is 10.5 Å². The SMILES string of the molecule is Cc1ccc(C2(C)NC(=O)N(CC(=O)NCCc3ccc(N)cc3)C2=O)cc1.Cl. The van der Waals surface area contributed by atoms with Crippen LogP contribution in [0.5, 0.6) is 0 Å². The number of nitrogens with two attached hydrogens (primary N) is 1. The van der Waals surface area contributed by atoms with E-state index in [0.29, 0.717) is 24.2 Å². The zero-order valence-electron chi connectivity index (χ0n) is 16.4. The van der Waals surface area contributed by atoms with Crippen molar-refractivity contribution in [1.29, 1.82) is 0 Å². The molecule has 1 atom stereocenters. The molecule has 1 aliphatic heterocycles. The molecule has 1 heterocycles. The first-order valence-corrected chi connectivity index (χ1v) is 9.12. The molecule has 4 N–H and O–H groups in total. The molecule has 0 aliphatic carbocycles. The zero-order chi connectivity index (χ0) is 20.3. The Morgan fingerprint density at radius 2 is 1.72 bits per heavy atom. The van der Waals surface area contributed by atoms with Crippen LogP contribution < -0.4 is 16.4 Å². The number of anilines is 1. The highest BCUT2D eigenvalue weighted by molar-refractivity contribution is 6.09. The molecular formula is C21H25ClN4O3. The molecular weight excluding hydrogens is 392 g/mol. The second-order valence-corrected chi connectivity index (χ2v) is 7.15. The summed E-state index contributed by atoms with van der Waals surface area (Å²) in [6.45, 7) is 3.69. The van der Waals surface area contributed by atoms with E-state index in [2.05, 4.69) is 10.6 Å². The Kier molecular flexibility index (Phi) is 6.87. The van der Waals surface area contributed by atoms with Crippen LogP contribution in [0.25, 0.3) is 0 Å². The van der Waals surface area contributed by atoms with Crippen molar-refractivity contribution in [1.82, 2.24) is 15.5 Å². The summed E-state index contributed by atoms with van der Waals surface area (Å²) in [5.74, 6) is -0.817. The minimum atomic E-state index is -1.17. The van der Waals surface area contributed by atoms with Gasteiger partial charge in [0.15, 0.2) is 0 Å². The fourth-order valence-corrected chi connectivity index (χ4v) is 3.15. The molecule has 0 radical (unpaired) electrons. The molecule has 7 nitrogen and oxygen atoms in total. The number of nitrogen functional groups attached to an aromatic ring is 1. The number of hydrogen-bond acceptors (Lipinski definition) is 4. The maximum Gasteiger partial charge on any atom is 0.325 e. The largest absolute Gasteiger partial charge is 0.399 e. The lowest BCUT2D eigenvalue weighted by atomic mass is 9.91. The van der Waals surface area contributed by atoms with E-state index in [1.54, 1.807) is 19.1 Å². The molecule has 0 bridgehead atoms. The van der Waals surface area contributed by atoms with Crippen molar-refractivity contribution in [3.63, 3.8) is 0 Å². The highest BCUT2D eigenvalue weighted by Crippen LogP contribution is 2.28. The molecule has 1 fully saturated rings. The molecule has 4 amide bonds. The minimum Gasteiger partial charge on any atom is -0.399 e. The van der Waals surface area contributed by atoms with E-state index >= 15 is 0 Å². The number of rotatable bonds is 6. The number of carbonyl (C=O) groups is 3. The summed E-state index contributed by atoms with van der Waals surface area (Å²) >= 11 is 0. The van der Waals surface area contributed by atoms with Crippen LogP contribution in [-0.2, 0) is 21.5 Å². The number of benzene rings is 2. The molecule has 1 aliphatic rings. The van der Waals surface area contributed by atoms with Gasteiger partial charge in [0.25, 0.3) is 5.91 Å². The van der Waals surface area contributed by atoms with Gasteiger partial charge in [0.2, 0.25) is 5.91 Å². The molecule has 2 aromatic rings. The Morgan fingerprint density at radius 1 is 1.10 bits per heavy atom. The summed E-state index contributed by atoms with van der Waals surface area (Å²) < 4.78 is 0. The average Bonchev–Trinajstić information content (AvgIpc) is 2.88. The molecule has 0 saturated carbocycles. The van der Waals surface area contributed by atoms with Crippen molar-refractivity contribution in [3.8, 4) is 0 Å². The number of imide groups is 1. The van der Waals surface area contributed by atoms with Crippen molar-refractivity contribution in [3.05, 3.63) is 65.2 Å². The maximum atomic E-state index is 12.8. The predicted molar refractivity (Wildman–Crippen MR) is 114 cm³/mol. The maximum absolute atomic E-state index is 12.8. The van der Waals surface area contributed by atoms with E-state index in [-0.39, 0.29) is 24.9 Å². The molecule has 154 valence electrons. The molecule has 29 heavy (non-hydrogen) atoms. The van der Waals surface area contributed by atoms with E-state index in [1.165, 1.54) is 0 Å². The van der Waals surface area contributed by atoms with Gasteiger partial charge in [-0.05, 0) is 43.5 Å². The fourth-order valence-electron chi connectivity index (χ4n) is 3.15. The number of carbonyl (C=O) groups excluding carboxylic acids is 3. The van der Waals surface area contributed by atoms with E-state index < -0.39 is 17.5 Å². The first-order chi connectivity index (χ1) is 13.3. The monoisotopic (exact) mass is 416 g/mol. The van der Waals surface area contributed by atoms with E-state index in [1.807, 2.05) is 43.3 Å². The smallest absolute Gasteiger partial charge is 0.325 e. The zero-order valence-corrected chi connectivity index (χ0v) is 17.2. The Labute approximate surface area is 176 Å². The minimum absolute atomic E-state index is 0. The van der Waals surface area contributed by atoms with Crippen molar-refractivity contribution in [2.45, 2.75) is 25.8 Å². The number of urea groups is 1. The average molecular weight is 417 g/mol. The van der Waals surface area contributed by atoms with Crippen LogP contribution in [0.15, 0.2) is 48.5 Å². The van der Waals surface area contributed by atoms with Gasteiger partial charge in [-0.3, -0.25) is 14.5 Å².